The lowest BCUT2D eigenvalue weighted by Gasteiger charge is -2.29. The second kappa shape index (κ2) is 9.66. The van der Waals surface area contributed by atoms with Gasteiger partial charge in [-0.15, -0.1) is 0 Å². The number of alkyl halides is 3. The van der Waals surface area contributed by atoms with Crippen LogP contribution in [0.25, 0.3) is 11.3 Å². The number of nitrogens with one attached hydrogen (secondary N) is 1. The standard InChI is InChI=1S/C24H24F3N5O2/c1-16(17-6-5-7-18(12-17)24(25,26)27)30-23-14-21(28-15-29-23)20-13-19(8-9-22(20)32(33)34)31-10-3-2-4-11-31/h5-9,12-16H,2-4,10-11H2,1H3,(H,28,29,30). The van der Waals surface area contributed by atoms with Crippen molar-refractivity contribution in [2.24, 2.45) is 0 Å². The molecule has 0 spiro atoms. The normalized spacial score (nSPS) is 15.1. The van der Waals surface area contributed by atoms with Gasteiger partial charge in [-0.1, -0.05) is 12.1 Å². The summed E-state index contributed by atoms with van der Waals surface area (Å²) in [6.45, 7) is 3.50. The maximum Gasteiger partial charge on any atom is 0.416 e. The predicted octanol–water partition coefficient (Wildman–Crippen LogP) is 6.23. The largest absolute Gasteiger partial charge is 0.416 e. The van der Waals surface area contributed by atoms with E-state index in [-0.39, 0.29) is 5.69 Å². The lowest BCUT2D eigenvalue weighted by atomic mass is 10.0. The molecule has 34 heavy (non-hydrogen) atoms. The summed E-state index contributed by atoms with van der Waals surface area (Å²) in [7, 11) is 0. The number of hydrogen-bond donors (Lipinski definition) is 1. The van der Waals surface area contributed by atoms with E-state index in [2.05, 4.69) is 20.2 Å². The molecule has 1 atom stereocenters. The van der Waals surface area contributed by atoms with E-state index in [9.17, 15) is 23.3 Å². The van der Waals surface area contributed by atoms with Gasteiger partial charge < -0.3 is 10.2 Å². The monoisotopic (exact) mass is 471 g/mol. The molecule has 1 fully saturated rings. The quantitative estimate of drug-likeness (QED) is 0.339. The molecule has 0 aliphatic carbocycles. The van der Waals surface area contributed by atoms with E-state index in [1.54, 1.807) is 31.2 Å². The van der Waals surface area contributed by atoms with Gasteiger partial charge in [-0.05, 0) is 56.0 Å². The number of nitro benzene ring substituents is 1. The van der Waals surface area contributed by atoms with Gasteiger partial charge in [-0.25, -0.2) is 9.97 Å². The van der Waals surface area contributed by atoms with Crippen molar-refractivity contribution in [3.05, 3.63) is 76.1 Å². The van der Waals surface area contributed by atoms with Crippen LogP contribution in [0.3, 0.4) is 0 Å². The first kappa shape index (κ1) is 23.5. The molecule has 0 bridgehead atoms. The number of piperidine rings is 1. The molecule has 7 nitrogen and oxygen atoms in total. The molecule has 1 unspecified atom stereocenters. The van der Waals surface area contributed by atoms with E-state index >= 15 is 0 Å². The third-order valence-electron chi connectivity index (χ3n) is 5.92. The Labute approximate surface area is 194 Å². The second-order valence-corrected chi connectivity index (χ2v) is 8.28. The maximum absolute atomic E-state index is 13.1. The van der Waals surface area contributed by atoms with Crippen LogP contribution in [0.15, 0.2) is 54.9 Å². The van der Waals surface area contributed by atoms with Crippen molar-refractivity contribution >= 4 is 17.2 Å². The highest BCUT2D eigenvalue weighted by Gasteiger charge is 2.30. The van der Waals surface area contributed by atoms with Gasteiger partial charge in [-0.3, -0.25) is 10.1 Å². The Hall–Kier alpha value is -3.69. The second-order valence-electron chi connectivity index (χ2n) is 8.28. The van der Waals surface area contributed by atoms with Crippen molar-refractivity contribution < 1.29 is 18.1 Å². The Bertz CT molecular complexity index is 1180. The summed E-state index contributed by atoms with van der Waals surface area (Å²) < 4.78 is 39.2. The highest BCUT2D eigenvalue weighted by molar-refractivity contribution is 5.76. The molecule has 1 aromatic heterocycles. The summed E-state index contributed by atoms with van der Waals surface area (Å²) in [5.74, 6) is 0.354. The lowest BCUT2D eigenvalue weighted by molar-refractivity contribution is -0.384. The number of aromatic nitrogens is 2. The highest BCUT2D eigenvalue weighted by atomic mass is 19.4. The van der Waals surface area contributed by atoms with Crippen LogP contribution in [0.2, 0.25) is 0 Å². The third-order valence-corrected chi connectivity index (χ3v) is 5.92. The van der Waals surface area contributed by atoms with E-state index in [0.717, 1.165) is 43.8 Å². The molecule has 2 heterocycles. The van der Waals surface area contributed by atoms with Crippen LogP contribution in [0.1, 0.15) is 43.4 Å². The van der Waals surface area contributed by atoms with E-state index in [1.807, 2.05) is 0 Å². The molecule has 0 amide bonds. The first-order valence-corrected chi connectivity index (χ1v) is 11.0. The maximum atomic E-state index is 13.1. The summed E-state index contributed by atoms with van der Waals surface area (Å²) >= 11 is 0. The number of anilines is 2. The molecule has 0 radical (unpaired) electrons. The molecule has 3 aromatic rings. The lowest BCUT2D eigenvalue weighted by Crippen LogP contribution is -2.29. The van der Waals surface area contributed by atoms with Gasteiger partial charge in [0.2, 0.25) is 0 Å². The molecule has 2 aromatic carbocycles. The molecule has 1 N–H and O–H groups in total. The van der Waals surface area contributed by atoms with Crippen molar-refractivity contribution in [1.29, 1.82) is 0 Å². The van der Waals surface area contributed by atoms with Crippen LogP contribution in [-0.2, 0) is 6.18 Å². The Morgan fingerprint density at radius 2 is 1.82 bits per heavy atom. The molecule has 1 saturated heterocycles. The number of hydrogen-bond acceptors (Lipinski definition) is 6. The summed E-state index contributed by atoms with van der Waals surface area (Å²) in [5, 5.41) is 14.8. The first-order valence-electron chi connectivity index (χ1n) is 11.0. The highest BCUT2D eigenvalue weighted by Crippen LogP contribution is 2.35. The average molecular weight is 471 g/mol. The number of nitrogens with zero attached hydrogens (tertiary/aromatic N) is 4. The zero-order chi connectivity index (χ0) is 24.3. The minimum atomic E-state index is -4.43. The van der Waals surface area contributed by atoms with E-state index in [1.165, 1.54) is 24.9 Å². The summed E-state index contributed by atoms with van der Waals surface area (Å²) in [5.41, 5.74) is 1.26. The third kappa shape index (κ3) is 5.27. The van der Waals surface area contributed by atoms with Gasteiger partial charge in [-0.2, -0.15) is 13.2 Å². The Morgan fingerprint density at radius 3 is 2.53 bits per heavy atom. The van der Waals surface area contributed by atoms with Crippen molar-refractivity contribution in [3.63, 3.8) is 0 Å². The van der Waals surface area contributed by atoms with Gasteiger partial charge >= 0.3 is 6.18 Å². The van der Waals surface area contributed by atoms with Gasteiger partial charge in [0.1, 0.15) is 12.1 Å². The number of benzene rings is 2. The number of halogens is 3. The van der Waals surface area contributed by atoms with Gasteiger partial charge in [0, 0.05) is 37.0 Å². The Morgan fingerprint density at radius 1 is 1.06 bits per heavy atom. The van der Waals surface area contributed by atoms with Crippen LogP contribution in [0.4, 0.5) is 30.4 Å². The fourth-order valence-electron chi connectivity index (χ4n) is 4.11. The smallest absolute Gasteiger partial charge is 0.372 e. The van der Waals surface area contributed by atoms with Crippen molar-refractivity contribution in [1.82, 2.24) is 9.97 Å². The van der Waals surface area contributed by atoms with Crippen LogP contribution >= 0.6 is 0 Å². The predicted molar refractivity (Wildman–Crippen MR) is 124 cm³/mol. The van der Waals surface area contributed by atoms with Crippen LogP contribution in [0.5, 0.6) is 0 Å². The molecule has 10 heteroatoms. The number of rotatable bonds is 6. The van der Waals surface area contributed by atoms with Crippen molar-refractivity contribution in [2.45, 2.75) is 38.4 Å². The minimum absolute atomic E-state index is 0.0728. The van der Waals surface area contributed by atoms with E-state index in [0.29, 0.717) is 22.6 Å². The first-order chi connectivity index (χ1) is 16.2. The zero-order valence-corrected chi connectivity index (χ0v) is 18.5. The topological polar surface area (TPSA) is 84.2 Å². The van der Waals surface area contributed by atoms with Gasteiger partial charge in [0.15, 0.2) is 0 Å². The van der Waals surface area contributed by atoms with Crippen molar-refractivity contribution in [3.8, 4) is 11.3 Å². The van der Waals surface area contributed by atoms with Gasteiger partial charge in [0.25, 0.3) is 5.69 Å². The Kier molecular flexibility index (Phi) is 6.67. The fraction of sp³-hybridized carbons (Fsp3) is 0.333. The van der Waals surface area contributed by atoms with E-state index in [4.69, 9.17) is 0 Å². The SMILES string of the molecule is CC(Nc1cc(-c2cc(N3CCCCC3)ccc2[N+](=O)[O-])ncn1)c1cccc(C(F)(F)F)c1. The fourth-order valence-corrected chi connectivity index (χ4v) is 4.11. The van der Waals surface area contributed by atoms with Crippen LogP contribution in [0, 0.1) is 10.1 Å². The Balaban J connectivity index is 1.62. The molecule has 1 aliphatic heterocycles. The summed E-state index contributed by atoms with van der Waals surface area (Å²) in [6, 6.07) is 11.2. The van der Waals surface area contributed by atoms with Gasteiger partial charge in [0.05, 0.1) is 21.7 Å². The molecule has 1 aliphatic rings. The van der Waals surface area contributed by atoms with Crippen molar-refractivity contribution in [2.75, 3.05) is 23.3 Å². The molecular weight excluding hydrogens is 447 g/mol. The molecule has 0 saturated carbocycles. The summed E-state index contributed by atoms with van der Waals surface area (Å²) in [4.78, 5) is 21.8. The van der Waals surface area contributed by atoms with Crippen LogP contribution in [-0.4, -0.2) is 28.0 Å². The molecule has 178 valence electrons. The molecular formula is C24H24F3N5O2. The number of nitro groups is 1. The average Bonchev–Trinajstić information content (AvgIpc) is 2.84. The summed E-state index contributed by atoms with van der Waals surface area (Å²) in [6.07, 6.45) is 0.161. The van der Waals surface area contributed by atoms with E-state index < -0.39 is 22.7 Å². The van der Waals surface area contributed by atoms with Crippen LogP contribution < -0.4 is 10.2 Å². The minimum Gasteiger partial charge on any atom is -0.372 e. The zero-order valence-electron chi connectivity index (χ0n) is 18.5. The molecule has 4 rings (SSSR count).